The predicted octanol–water partition coefficient (Wildman–Crippen LogP) is 3.71. The van der Waals surface area contributed by atoms with Crippen molar-refractivity contribution in [3.8, 4) is 0 Å². The molecule has 0 aromatic rings. The Morgan fingerprint density at radius 1 is 1.40 bits per heavy atom. The average Bonchev–Trinajstić information content (AvgIpc) is 2.17. The number of esters is 1. The van der Waals surface area contributed by atoms with Crippen LogP contribution in [0.5, 0.6) is 0 Å². The van der Waals surface area contributed by atoms with Crippen LogP contribution in [0.15, 0.2) is 12.2 Å². The van der Waals surface area contributed by atoms with Gasteiger partial charge in [-0.05, 0) is 32.1 Å². The standard InChI is InChI=1S/C13H24O2/c1-5-13(14)15-10-9-12(4)8-6-7-11(2)3/h12H,2,5-10H2,1,3-4H3. The number of ether oxygens (including phenoxy) is 1. The molecule has 0 aliphatic rings. The number of carbonyl (C=O) groups is 1. The summed E-state index contributed by atoms with van der Waals surface area (Å²) in [4.78, 5) is 10.9. The highest BCUT2D eigenvalue weighted by atomic mass is 16.5. The molecule has 0 aliphatic heterocycles. The Kier molecular flexibility index (Phi) is 8.06. The molecular formula is C13H24O2. The molecule has 0 aromatic carbocycles. The van der Waals surface area contributed by atoms with Crippen LogP contribution in [-0.2, 0) is 9.53 Å². The molecule has 0 N–H and O–H groups in total. The lowest BCUT2D eigenvalue weighted by atomic mass is 9.99. The first-order chi connectivity index (χ1) is 7.06. The zero-order valence-corrected chi connectivity index (χ0v) is 10.3. The molecule has 0 fully saturated rings. The highest BCUT2D eigenvalue weighted by Gasteiger charge is 2.04. The van der Waals surface area contributed by atoms with Crippen molar-refractivity contribution in [3.63, 3.8) is 0 Å². The molecule has 0 bridgehead atoms. The second-order valence-electron chi connectivity index (χ2n) is 4.32. The molecular weight excluding hydrogens is 188 g/mol. The smallest absolute Gasteiger partial charge is 0.305 e. The van der Waals surface area contributed by atoms with Crippen molar-refractivity contribution in [1.29, 1.82) is 0 Å². The van der Waals surface area contributed by atoms with Gasteiger partial charge in [0.05, 0.1) is 6.61 Å². The van der Waals surface area contributed by atoms with Crippen molar-refractivity contribution in [2.75, 3.05) is 6.61 Å². The second-order valence-corrected chi connectivity index (χ2v) is 4.32. The molecule has 0 rings (SSSR count). The van der Waals surface area contributed by atoms with Crippen molar-refractivity contribution < 1.29 is 9.53 Å². The number of rotatable bonds is 8. The van der Waals surface area contributed by atoms with E-state index >= 15 is 0 Å². The minimum Gasteiger partial charge on any atom is -0.466 e. The zero-order chi connectivity index (χ0) is 11.7. The summed E-state index contributed by atoms with van der Waals surface area (Å²) in [7, 11) is 0. The molecule has 0 spiro atoms. The van der Waals surface area contributed by atoms with Gasteiger partial charge < -0.3 is 4.74 Å². The summed E-state index contributed by atoms with van der Waals surface area (Å²) in [5.41, 5.74) is 1.25. The number of hydrogen-bond donors (Lipinski definition) is 0. The van der Waals surface area contributed by atoms with E-state index in [2.05, 4.69) is 20.4 Å². The minimum atomic E-state index is -0.0934. The molecule has 0 aliphatic carbocycles. The SMILES string of the molecule is C=C(C)CCCC(C)CCOC(=O)CC. The summed E-state index contributed by atoms with van der Waals surface area (Å²) in [6.45, 7) is 10.5. The quantitative estimate of drug-likeness (QED) is 0.453. The van der Waals surface area contributed by atoms with E-state index < -0.39 is 0 Å². The molecule has 0 aromatic heterocycles. The average molecular weight is 212 g/mol. The Morgan fingerprint density at radius 3 is 2.60 bits per heavy atom. The van der Waals surface area contributed by atoms with Crippen molar-refractivity contribution in [2.24, 2.45) is 5.92 Å². The summed E-state index contributed by atoms with van der Waals surface area (Å²) in [5, 5.41) is 0. The third kappa shape index (κ3) is 9.51. The van der Waals surface area contributed by atoms with Gasteiger partial charge >= 0.3 is 5.97 Å². The summed E-state index contributed by atoms with van der Waals surface area (Å²) in [5.74, 6) is 0.540. The molecule has 0 amide bonds. The lowest BCUT2D eigenvalue weighted by Gasteiger charge is -2.11. The van der Waals surface area contributed by atoms with Gasteiger partial charge in [0.15, 0.2) is 0 Å². The zero-order valence-electron chi connectivity index (χ0n) is 10.3. The van der Waals surface area contributed by atoms with Gasteiger partial charge in [-0.25, -0.2) is 0 Å². The number of allylic oxidation sites excluding steroid dienone is 1. The van der Waals surface area contributed by atoms with Gasteiger partial charge in [0.25, 0.3) is 0 Å². The van der Waals surface area contributed by atoms with Gasteiger partial charge in [-0.15, -0.1) is 6.58 Å². The fourth-order valence-corrected chi connectivity index (χ4v) is 1.37. The fraction of sp³-hybridized carbons (Fsp3) is 0.769. The van der Waals surface area contributed by atoms with Crippen molar-refractivity contribution in [1.82, 2.24) is 0 Å². The Hall–Kier alpha value is -0.790. The molecule has 2 heteroatoms. The van der Waals surface area contributed by atoms with Crippen LogP contribution in [-0.4, -0.2) is 12.6 Å². The van der Waals surface area contributed by atoms with Gasteiger partial charge in [0, 0.05) is 6.42 Å². The maximum absolute atomic E-state index is 10.9. The van der Waals surface area contributed by atoms with Crippen LogP contribution in [0.4, 0.5) is 0 Å². The van der Waals surface area contributed by atoms with E-state index in [1.807, 2.05) is 6.92 Å². The van der Waals surface area contributed by atoms with Gasteiger partial charge in [0.1, 0.15) is 0 Å². The molecule has 0 heterocycles. The van der Waals surface area contributed by atoms with E-state index in [1.165, 1.54) is 18.4 Å². The maximum atomic E-state index is 10.9. The summed E-state index contributed by atoms with van der Waals surface area (Å²) >= 11 is 0. The molecule has 88 valence electrons. The van der Waals surface area contributed by atoms with Crippen molar-refractivity contribution in [3.05, 3.63) is 12.2 Å². The van der Waals surface area contributed by atoms with E-state index in [4.69, 9.17) is 4.74 Å². The first-order valence-electron chi connectivity index (χ1n) is 5.86. The summed E-state index contributed by atoms with van der Waals surface area (Å²) in [6.07, 6.45) is 4.94. The first-order valence-corrected chi connectivity index (χ1v) is 5.86. The van der Waals surface area contributed by atoms with Gasteiger partial charge in [-0.2, -0.15) is 0 Å². The Balaban J connectivity index is 3.37. The lowest BCUT2D eigenvalue weighted by molar-refractivity contribution is -0.143. The van der Waals surface area contributed by atoms with Crippen LogP contribution in [0.25, 0.3) is 0 Å². The van der Waals surface area contributed by atoms with Crippen molar-refractivity contribution >= 4 is 5.97 Å². The van der Waals surface area contributed by atoms with Crippen LogP contribution in [0.3, 0.4) is 0 Å². The Labute approximate surface area is 93.7 Å². The molecule has 0 saturated carbocycles. The van der Waals surface area contributed by atoms with Crippen LogP contribution < -0.4 is 0 Å². The number of hydrogen-bond acceptors (Lipinski definition) is 2. The third-order valence-corrected chi connectivity index (χ3v) is 2.46. The maximum Gasteiger partial charge on any atom is 0.305 e. The van der Waals surface area contributed by atoms with E-state index in [-0.39, 0.29) is 5.97 Å². The molecule has 15 heavy (non-hydrogen) atoms. The third-order valence-electron chi connectivity index (χ3n) is 2.46. The normalized spacial score (nSPS) is 12.2. The molecule has 1 atom stereocenters. The fourth-order valence-electron chi connectivity index (χ4n) is 1.37. The summed E-state index contributed by atoms with van der Waals surface area (Å²) in [6, 6.07) is 0. The van der Waals surface area contributed by atoms with E-state index in [1.54, 1.807) is 0 Å². The topological polar surface area (TPSA) is 26.3 Å². The van der Waals surface area contributed by atoms with E-state index in [9.17, 15) is 4.79 Å². The van der Waals surface area contributed by atoms with Crippen molar-refractivity contribution in [2.45, 2.75) is 52.9 Å². The molecule has 2 nitrogen and oxygen atoms in total. The molecule has 0 saturated heterocycles. The second kappa shape index (κ2) is 8.51. The van der Waals surface area contributed by atoms with Gasteiger partial charge in [0.2, 0.25) is 0 Å². The molecule has 0 radical (unpaired) electrons. The highest BCUT2D eigenvalue weighted by molar-refractivity contribution is 5.68. The predicted molar refractivity (Wildman–Crippen MR) is 63.7 cm³/mol. The van der Waals surface area contributed by atoms with E-state index in [0.717, 1.165) is 12.8 Å². The van der Waals surface area contributed by atoms with Crippen LogP contribution in [0.1, 0.15) is 52.9 Å². The van der Waals surface area contributed by atoms with Crippen LogP contribution in [0, 0.1) is 5.92 Å². The Bertz CT molecular complexity index is 197. The number of carbonyl (C=O) groups excluding carboxylic acids is 1. The van der Waals surface area contributed by atoms with Crippen LogP contribution >= 0.6 is 0 Å². The lowest BCUT2D eigenvalue weighted by Crippen LogP contribution is -2.07. The minimum absolute atomic E-state index is 0.0934. The van der Waals surface area contributed by atoms with Gasteiger partial charge in [-0.1, -0.05) is 25.8 Å². The largest absolute Gasteiger partial charge is 0.466 e. The van der Waals surface area contributed by atoms with E-state index in [0.29, 0.717) is 18.9 Å². The first kappa shape index (κ1) is 14.2. The monoisotopic (exact) mass is 212 g/mol. The van der Waals surface area contributed by atoms with Gasteiger partial charge in [-0.3, -0.25) is 4.79 Å². The Morgan fingerprint density at radius 2 is 2.07 bits per heavy atom. The highest BCUT2D eigenvalue weighted by Crippen LogP contribution is 2.14. The summed E-state index contributed by atoms with van der Waals surface area (Å²) < 4.78 is 5.03. The molecule has 1 unspecified atom stereocenters. The van der Waals surface area contributed by atoms with Crippen LogP contribution in [0.2, 0.25) is 0 Å².